The van der Waals surface area contributed by atoms with E-state index in [1.165, 1.54) is 21.6 Å². The van der Waals surface area contributed by atoms with Gasteiger partial charge in [0.1, 0.15) is 13.1 Å². The van der Waals surface area contributed by atoms with Crippen LogP contribution in [0.25, 0.3) is 0 Å². The number of quaternary nitrogens is 1. The van der Waals surface area contributed by atoms with Gasteiger partial charge in [0.25, 0.3) is 5.91 Å². The van der Waals surface area contributed by atoms with Crippen molar-refractivity contribution in [2.24, 2.45) is 0 Å². The summed E-state index contributed by atoms with van der Waals surface area (Å²) in [7, 11) is 7.10. The number of amides is 1. The first-order chi connectivity index (χ1) is 12.0. The molecule has 5 nitrogen and oxygen atoms in total. The zero-order valence-electron chi connectivity index (χ0n) is 15.6. The molecule has 25 heavy (non-hydrogen) atoms. The van der Waals surface area contributed by atoms with Gasteiger partial charge in [-0.1, -0.05) is 12.1 Å². The standard InChI is InChI=1S/C20H26N2O3/c1-14-10-18(24-4)19(25-5)11-17(14)13-22(3)12-15-6-8-16(9-7-15)20(23)21-2/h6-11H,12-13H2,1-5H3,(H,21,23)/p+1. The zero-order chi connectivity index (χ0) is 18.4. The molecule has 0 aliphatic carbocycles. The number of hydrogen-bond acceptors (Lipinski definition) is 3. The van der Waals surface area contributed by atoms with E-state index < -0.39 is 0 Å². The average Bonchev–Trinajstić information content (AvgIpc) is 2.62. The Hall–Kier alpha value is -2.53. The van der Waals surface area contributed by atoms with Crippen LogP contribution < -0.4 is 19.7 Å². The predicted molar refractivity (Wildman–Crippen MR) is 98.4 cm³/mol. The Morgan fingerprint density at radius 1 is 1.04 bits per heavy atom. The van der Waals surface area contributed by atoms with Gasteiger partial charge in [-0.2, -0.15) is 0 Å². The number of ether oxygens (including phenoxy) is 2. The first-order valence-electron chi connectivity index (χ1n) is 8.32. The molecule has 0 aliphatic rings. The molecule has 1 unspecified atom stereocenters. The molecule has 0 radical (unpaired) electrons. The van der Waals surface area contributed by atoms with E-state index in [2.05, 4.69) is 19.3 Å². The Kier molecular flexibility index (Phi) is 6.42. The third-order valence-electron chi connectivity index (χ3n) is 4.28. The van der Waals surface area contributed by atoms with Crippen molar-refractivity contribution in [3.8, 4) is 11.5 Å². The SMILES string of the molecule is CNC(=O)c1ccc(C[NH+](C)Cc2cc(OC)c(OC)cc2C)cc1. The van der Waals surface area contributed by atoms with Gasteiger partial charge < -0.3 is 19.7 Å². The number of hydrogen-bond donors (Lipinski definition) is 2. The van der Waals surface area contributed by atoms with E-state index in [0.717, 1.165) is 24.6 Å². The minimum atomic E-state index is -0.0618. The summed E-state index contributed by atoms with van der Waals surface area (Å²) in [6.45, 7) is 3.84. The van der Waals surface area contributed by atoms with Crippen LogP contribution in [0.1, 0.15) is 27.0 Å². The van der Waals surface area contributed by atoms with Crippen LogP contribution in [0.4, 0.5) is 0 Å². The Morgan fingerprint density at radius 2 is 1.64 bits per heavy atom. The van der Waals surface area contributed by atoms with Crippen molar-refractivity contribution < 1.29 is 19.2 Å². The lowest BCUT2D eigenvalue weighted by atomic mass is 10.1. The summed E-state index contributed by atoms with van der Waals surface area (Å²) in [6, 6.07) is 11.8. The predicted octanol–water partition coefficient (Wildman–Crippen LogP) is 1.59. The van der Waals surface area contributed by atoms with Gasteiger partial charge in [0.05, 0.1) is 21.3 Å². The molecule has 2 rings (SSSR count). The maximum absolute atomic E-state index is 11.6. The van der Waals surface area contributed by atoms with E-state index in [1.807, 2.05) is 36.4 Å². The van der Waals surface area contributed by atoms with Gasteiger partial charge in [0.15, 0.2) is 11.5 Å². The normalized spacial score (nSPS) is 11.7. The van der Waals surface area contributed by atoms with Crippen LogP contribution in [0.2, 0.25) is 0 Å². The highest BCUT2D eigenvalue weighted by Crippen LogP contribution is 2.29. The molecule has 0 saturated carbocycles. The topological polar surface area (TPSA) is 52.0 Å². The van der Waals surface area contributed by atoms with Gasteiger partial charge in [-0.15, -0.1) is 0 Å². The average molecular weight is 343 g/mol. The van der Waals surface area contributed by atoms with E-state index in [1.54, 1.807) is 21.3 Å². The molecule has 2 N–H and O–H groups in total. The fourth-order valence-corrected chi connectivity index (χ4v) is 2.87. The summed E-state index contributed by atoms with van der Waals surface area (Å²) in [5.41, 5.74) is 4.30. The number of benzene rings is 2. The molecule has 1 atom stereocenters. The van der Waals surface area contributed by atoms with Crippen molar-refractivity contribution in [2.75, 3.05) is 28.3 Å². The van der Waals surface area contributed by atoms with Gasteiger partial charge >= 0.3 is 0 Å². The van der Waals surface area contributed by atoms with Crippen molar-refractivity contribution >= 4 is 5.91 Å². The van der Waals surface area contributed by atoms with Crippen LogP contribution in [0, 0.1) is 6.92 Å². The molecule has 5 heteroatoms. The summed E-state index contributed by atoms with van der Waals surface area (Å²) in [4.78, 5) is 12.9. The van der Waals surface area contributed by atoms with Crippen molar-refractivity contribution in [2.45, 2.75) is 20.0 Å². The minimum absolute atomic E-state index is 0.0618. The Morgan fingerprint density at radius 3 is 2.20 bits per heavy atom. The van der Waals surface area contributed by atoms with Gasteiger partial charge in [-0.25, -0.2) is 0 Å². The van der Waals surface area contributed by atoms with Crippen molar-refractivity contribution in [3.05, 3.63) is 58.7 Å². The highest BCUT2D eigenvalue weighted by Gasteiger charge is 2.13. The lowest BCUT2D eigenvalue weighted by molar-refractivity contribution is -0.907. The van der Waals surface area contributed by atoms with Crippen LogP contribution in [0.5, 0.6) is 11.5 Å². The number of nitrogens with one attached hydrogen (secondary N) is 2. The first kappa shape index (κ1) is 18.8. The van der Waals surface area contributed by atoms with Crippen molar-refractivity contribution in [1.82, 2.24) is 5.32 Å². The Balaban J connectivity index is 2.07. The van der Waals surface area contributed by atoms with E-state index >= 15 is 0 Å². The van der Waals surface area contributed by atoms with Crippen molar-refractivity contribution in [1.29, 1.82) is 0 Å². The van der Waals surface area contributed by atoms with E-state index in [9.17, 15) is 4.79 Å². The van der Waals surface area contributed by atoms with Crippen LogP contribution in [0.3, 0.4) is 0 Å². The lowest BCUT2D eigenvalue weighted by Crippen LogP contribution is -3.06. The summed E-state index contributed by atoms with van der Waals surface area (Å²) < 4.78 is 10.8. The molecule has 2 aromatic carbocycles. The first-order valence-corrected chi connectivity index (χ1v) is 8.32. The highest BCUT2D eigenvalue weighted by atomic mass is 16.5. The van der Waals surface area contributed by atoms with Gasteiger partial charge in [-0.05, 0) is 36.8 Å². The minimum Gasteiger partial charge on any atom is -0.493 e. The molecule has 0 fully saturated rings. The molecule has 0 bridgehead atoms. The number of aryl methyl sites for hydroxylation is 1. The molecule has 0 aromatic heterocycles. The number of rotatable bonds is 7. The van der Waals surface area contributed by atoms with E-state index in [0.29, 0.717) is 5.56 Å². The summed E-state index contributed by atoms with van der Waals surface area (Å²) >= 11 is 0. The van der Waals surface area contributed by atoms with Crippen molar-refractivity contribution in [3.63, 3.8) is 0 Å². The second-order valence-corrected chi connectivity index (χ2v) is 6.22. The molecule has 0 spiro atoms. The lowest BCUT2D eigenvalue weighted by Gasteiger charge is -2.17. The second-order valence-electron chi connectivity index (χ2n) is 6.22. The second kappa shape index (κ2) is 8.53. The summed E-state index contributed by atoms with van der Waals surface area (Å²) in [5, 5.41) is 2.63. The molecule has 134 valence electrons. The zero-order valence-corrected chi connectivity index (χ0v) is 15.6. The maximum atomic E-state index is 11.6. The quantitative estimate of drug-likeness (QED) is 0.803. The maximum Gasteiger partial charge on any atom is 0.251 e. The molecule has 0 aliphatic heterocycles. The Labute approximate surface area is 149 Å². The van der Waals surface area contributed by atoms with Gasteiger partial charge in [-0.3, -0.25) is 4.79 Å². The number of methoxy groups -OCH3 is 2. The summed E-state index contributed by atoms with van der Waals surface area (Å²) in [5.74, 6) is 1.45. The number of carbonyl (C=O) groups is 1. The molecule has 1 amide bonds. The van der Waals surface area contributed by atoms with Crippen LogP contribution >= 0.6 is 0 Å². The largest absolute Gasteiger partial charge is 0.493 e. The smallest absolute Gasteiger partial charge is 0.251 e. The molecular weight excluding hydrogens is 316 g/mol. The number of carbonyl (C=O) groups excluding carboxylic acids is 1. The summed E-state index contributed by atoms with van der Waals surface area (Å²) in [6.07, 6.45) is 0. The monoisotopic (exact) mass is 343 g/mol. The third-order valence-corrected chi connectivity index (χ3v) is 4.28. The Bertz CT molecular complexity index is 726. The van der Waals surface area contributed by atoms with Crippen LogP contribution in [-0.2, 0) is 13.1 Å². The van der Waals surface area contributed by atoms with Crippen LogP contribution in [0.15, 0.2) is 36.4 Å². The molecule has 2 aromatic rings. The van der Waals surface area contributed by atoms with Gasteiger partial charge in [0, 0.05) is 23.7 Å². The fraction of sp³-hybridized carbons (Fsp3) is 0.350. The van der Waals surface area contributed by atoms with E-state index in [-0.39, 0.29) is 5.91 Å². The fourth-order valence-electron chi connectivity index (χ4n) is 2.87. The van der Waals surface area contributed by atoms with E-state index in [4.69, 9.17) is 9.47 Å². The molecular formula is C20H27N2O3+. The van der Waals surface area contributed by atoms with Crippen LogP contribution in [-0.4, -0.2) is 34.2 Å². The molecule has 0 saturated heterocycles. The molecule has 0 heterocycles. The third kappa shape index (κ3) is 4.73. The van der Waals surface area contributed by atoms with Gasteiger partial charge in [0.2, 0.25) is 0 Å². The highest BCUT2D eigenvalue weighted by molar-refractivity contribution is 5.93.